The van der Waals surface area contributed by atoms with Crippen LogP contribution in [-0.4, -0.2) is 15.7 Å². The number of hydrogen-bond donors (Lipinski definition) is 0. The van der Waals surface area contributed by atoms with Crippen LogP contribution < -0.4 is 0 Å². The lowest BCUT2D eigenvalue weighted by atomic mass is 9.91. The molecule has 1 aromatic rings. The van der Waals surface area contributed by atoms with Crippen molar-refractivity contribution < 1.29 is 0 Å². The molecular weight excluding hydrogens is 254 g/mol. The van der Waals surface area contributed by atoms with Crippen molar-refractivity contribution in [2.24, 2.45) is 10.4 Å². The van der Waals surface area contributed by atoms with E-state index in [0.717, 1.165) is 16.0 Å². The Morgan fingerprint density at radius 3 is 2.47 bits per heavy atom. The van der Waals surface area contributed by atoms with Crippen molar-refractivity contribution in [1.29, 1.82) is 0 Å². The van der Waals surface area contributed by atoms with Gasteiger partial charge in [0.1, 0.15) is 4.60 Å². The molecule has 1 rings (SSSR count). The predicted molar refractivity (Wildman–Crippen MR) is 66.7 cm³/mol. The molecular formula is C11H16BrN3. The van der Waals surface area contributed by atoms with Crippen LogP contribution in [0.2, 0.25) is 0 Å². The first-order valence-electron chi connectivity index (χ1n) is 4.85. The van der Waals surface area contributed by atoms with Crippen molar-refractivity contribution in [1.82, 2.24) is 9.97 Å². The fourth-order valence-electron chi connectivity index (χ4n) is 0.883. The summed E-state index contributed by atoms with van der Waals surface area (Å²) in [6, 6.07) is 0. The molecule has 0 atom stereocenters. The molecule has 1 aromatic heterocycles. The molecule has 3 nitrogen and oxygen atoms in total. The van der Waals surface area contributed by atoms with Gasteiger partial charge in [-0.05, 0) is 29.8 Å². The standard InChI is InChI=1S/C11H16BrN3/c1-7-10(13-6-9(12)14-7)15-8(2)11(3,4)5/h6H,1-5H3. The molecule has 0 amide bonds. The van der Waals surface area contributed by atoms with Crippen molar-refractivity contribution in [3.8, 4) is 0 Å². The minimum absolute atomic E-state index is 0.0706. The predicted octanol–water partition coefficient (Wildman–Crippen LogP) is 3.69. The molecule has 1 heterocycles. The summed E-state index contributed by atoms with van der Waals surface area (Å²) in [5.41, 5.74) is 1.97. The number of hydrogen-bond acceptors (Lipinski definition) is 3. The van der Waals surface area contributed by atoms with Crippen molar-refractivity contribution >= 4 is 27.5 Å². The molecule has 0 aromatic carbocycles. The van der Waals surface area contributed by atoms with Crippen molar-refractivity contribution in [3.05, 3.63) is 16.5 Å². The number of nitrogens with zero attached hydrogens (tertiary/aromatic N) is 3. The van der Waals surface area contributed by atoms with Crippen molar-refractivity contribution in [2.75, 3.05) is 0 Å². The Balaban J connectivity index is 3.09. The summed E-state index contributed by atoms with van der Waals surface area (Å²) in [6.07, 6.45) is 1.67. The molecule has 0 aliphatic heterocycles. The Labute approximate surface area is 99.2 Å². The summed E-state index contributed by atoms with van der Waals surface area (Å²) in [5.74, 6) is 0.700. The maximum atomic E-state index is 4.49. The van der Waals surface area contributed by atoms with E-state index in [1.165, 1.54) is 0 Å². The van der Waals surface area contributed by atoms with Crippen LogP contribution >= 0.6 is 15.9 Å². The molecule has 82 valence electrons. The van der Waals surface area contributed by atoms with Crippen LogP contribution in [0.15, 0.2) is 15.8 Å². The highest BCUT2D eigenvalue weighted by molar-refractivity contribution is 9.10. The SMILES string of the molecule is CC(=Nc1ncc(Br)nc1C)C(C)(C)C. The number of aryl methyl sites for hydroxylation is 1. The lowest BCUT2D eigenvalue weighted by Crippen LogP contribution is -2.16. The average Bonchev–Trinajstić information content (AvgIpc) is 2.08. The van der Waals surface area contributed by atoms with Crippen molar-refractivity contribution in [2.45, 2.75) is 34.6 Å². The summed E-state index contributed by atoms with van der Waals surface area (Å²) < 4.78 is 0.743. The second-order valence-corrected chi connectivity index (χ2v) is 5.36. The van der Waals surface area contributed by atoms with E-state index in [4.69, 9.17) is 0 Å². The Kier molecular flexibility index (Phi) is 3.60. The smallest absolute Gasteiger partial charge is 0.173 e. The Morgan fingerprint density at radius 2 is 2.00 bits per heavy atom. The van der Waals surface area contributed by atoms with Crippen LogP contribution in [0.1, 0.15) is 33.4 Å². The highest BCUT2D eigenvalue weighted by Gasteiger charge is 2.15. The zero-order chi connectivity index (χ0) is 11.6. The van der Waals surface area contributed by atoms with Crippen LogP contribution in [0.5, 0.6) is 0 Å². The molecule has 0 fully saturated rings. The van der Waals surface area contributed by atoms with Gasteiger partial charge in [0, 0.05) is 11.1 Å². The van der Waals surface area contributed by atoms with Gasteiger partial charge in [0.15, 0.2) is 5.82 Å². The van der Waals surface area contributed by atoms with Gasteiger partial charge in [-0.1, -0.05) is 20.8 Å². The van der Waals surface area contributed by atoms with Crippen LogP contribution in [0.3, 0.4) is 0 Å². The third-order valence-corrected chi connectivity index (χ3v) is 2.63. The van der Waals surface area contributed by atoms with Gasteiger partial charge in [0.05, 0.1) is 11.9 Å². The van der Waals surface area contributed by atoms with Gasteiger partial charge in [0.2, 0.25) is 0 Å². The van der Waals surface area contributed by atoms with E-state index in [-0.39, 0.29) is 5.41 Å². The molecule has 0 unspecified atom stereocenters. The second kappa shape index (κ2) is 4.39. The lowest BCUT2D eigenvalue weighted by Gasteiger charge is -2.17. The normalized spacial score (nSPS) is 13.1. The third kappa shape index (κ3) is 3.38. The van der Waals surface area contributed by atoms with Gasteiger partial charge in [-0.15, -0.1) is 0 Å². The highest BCUT2D eigenvalue weighted by Crippen LogP contribution is 2.21. The monoisotopic (exact) mass is 269 g/mol. The average molecular weight is 270 g/mol. The Hall–Kier alpha value is -0.770. The van der Waals surface area contributed by atoms with E-state index in [9.17, 15) is 0 Å². The summed E-state index contributed by atoms with van der Waals surface area (Å²) >= 11 is 3.28. The van der Waals surface area contributed by atoms with E-state index in [1.807, 2.05) is 13.8 Å². The summed E-state index contributed by atoms with van der Waals surface area (Å²) in [5, 5.41) is 0. The lowest BCUT2D eigenvalue weighted by molar-refractivity contribution is 0.588. The maximum Gasteiger partial charge on any atom is 0.173 e. The molecule has 15 heavy (non-hydrogen) atoms. The van der Waals surface area contributed by atoms with Gasteiger partial charge in [-0.3, -0.25) is 0 Å². The highest BCUT2D eigenvalue weighted by atomic mass is 79.9. The van der Waals surface area contributed by atoms with Crippen molar-refractivity contribution in [3.63, 3.8) is 0 Å². The van der Waals surface area contributed by atoms with E-state index in [2.05, 4.69) is 51.7 Å². The molecule has 0 bridgehead atoms. The first kappa shape index (κ1) is 12.3. The van der Waals surface area contributed by atoms with Gasteiger partial charge in [-0.25, -0.2) is 15.0 Å². The van der Waals surface area contributed by atoms with E-state index in [1.54, 1.807) is 6.20 Å². The Morgan fingerprint density at radius 1 is 1.40 bits per heavy atom. The fourth-order valence-corrected chi connectivity index (χ4v) is 1.25. The molecule has 0 radical (unpaired) electrons. The van der Waals surface area contributed by atoms with E-state index >= 15 is 0 Å². The maximum absolute atomic E-state index is 4.49. The number of aliphatic imine (C=N–C) groups is 1. The van der Waals surface area contributed by atoms with Gasteiger partial charge >= 0.3 is 0 Å². The zero-order valence-electron chi connectivity index (χ0n) is 9.80. The molecule has 0 saturated carbocycles. The van der Waals surface area contributed by atoms with Crippen LogP contribution in [0.4, 0.5) is 5.82 Å². The topological polar surface area (TPSA) is 38.1 Å². The Bertz CT molecular complexity index is 391. The minimum atomic E-state index is 0.0706. The zero-order valence-corrected chi connectivity index (χ0v) is 11.4. The molecule has 0 spiro atoms. The van der Waals surface area contributed by atoms with Crippen LogP contribution in [0, 0.1) is 12.3 Å². The number of rotatable bonds is 1. The second-order valence-electron chi connectivity index (χ2n) is 4.55. The largest absolute Gasteiger partial charge is 0.241 e. The van der Waals surface area contributed by atoms with Gasteiger partial charge < -0.3 is 0 Å². The van der Waals surface area contributed by atoms with E-state index in [0.29, 0.717) is 5.82 Å². The quantitative estimate of drug-likeness (QED) is 0.730. The third-order valence-electron chi connectivity index (χ3n) is 2.25. The molecule has 0 aliphatic carbocycles. The number of halogens is 1. The molecule has 4 heteroatoms. The van der Waals surface area contributed by atoms with Gasteiger partial charge in [0.25, 0.3) is 0 Å². The first-order chi connectivity index (χ1) is 6.80. The first-order valence-corrected chi connectivity index (χ1v) is 5.65. The molecule has 0 N–H and O–H groups in total. The summed E-state index contributed by atoms with van der Waals surface area (Å²) in [4.78, 5) is 13.0. The van der Waals surface area contributed by atoms with E-state index < -0.39 is 0 Å². The van der Waals surface area contributed by atoms with Crippen LogP contribution in [-0.2, 0) is 0 Å². The van der Waals surface area contributed by atoms with Crippen LogP contribution in [0.25, 0.3) is 0 Å². The number of aromatic nitrogens is 2. The molecule has 0 aliphatic rings. The fraction of sp³-hybridized carbons (Fsp3) is 0.545. The summed E-state index contributed by atoms with van der Waals surface area (Å²) in [6.45, 7) is 10.3. The minimum Gasteiger partial charge on any atom is -0.241 e. The van der Waals surface area contributed by atoms with Gasteiger partial charge in [-0.2, -0.15) is 0 Å². The molecule has 0 saturated heterocycles. The summed E-state index contributed by atoms with van der Waals surface area (Å²) in [7, 11) is 0.